The number of H-pyrrole nitrogens is 5. The van der Waals surface area contributed by atoms with E-state index in [9.17, 15) is 19.2 Å². The summed E-state index contributed by atoms with van der Waals surface area (Å²) in [5.74, 6) is -0.443. The Kier molecular flexibility index (Phi) is 26.2. The van der Waals surface area contributed by atoms with Gasteiger partial charge in [-0.15, -0.1) is 0 Å². The topological polar surface area (TPSA) is 326 Å². The van der Waals surface area contributed by atoms with Gasteiger partial charge < -0.3 is 40.9 Å². The maximum absolute atomic E-state index is 13.0. The summed E-state index contributed by atoms with van der Waals surface area (Å²) in [5.41, 5.74) is 14.2. The number of aryl methyl sites for hydroxylation is 3. The highest BCUT2D eigenvalue weighted by molar-refractivity contribution is 6.36. The predicted octanol–water partition coefficient (Wildman–Crippen LogP) is 13.9. The Morgan fingerprint density at radius 1 is 0.402 bits per heavy atom. The van der Waals surface area contributed by atoms with Gasteiger partial charge in [-0.2, -0.15) is 40.8 Å². The molecule has 4 aliphatic rings. The van der Waals surface area contributed by atoms with Crippen LogP contribution in [0, 0.1) is 21.7 Å². The van der Waals surface area contributed by atoms with Crippen molar-refractivity contribution in [3.8, 4) is 44.5 Å². The molecule has 622 valence electrons. The largest absolute Gasteiger partial charge is 0.348 e. The van der Waals surface area contributed by atoms with Crippen molar-refractivity contribution in [3.63, 3.8) is 0 Å². The lowest BCUT2D eigenvalue weighted by Gasteiger charge is -2.36. The van der Waals surface area contributed by atoms with E-state index in [4.69, 9.17) is 11.6 Å². The molecule has 0 aliphatic carbocycles. The van der Waals surface area contributed by atoms with E-state index in [0.717, 1.165) is 219 Å². The number of halogens is 1. The van der Waals surface area contributed by atoms with Crippen LogP contribution in [0.1, 0.15) is 183 Å². The molecule has 4 saturated heterocycles. The SMILES string of the molecule is CC(C)(C)CN1CCC(NC(=O)c2n[nH]c3ccc(-c4cn[nH]c4)cc23)CC1.CCn1cc(-c2ccc3[nH]nc(C(=O)NC4CCN(CC(C)(C)C)CC4)c3c2)cn1.Cn1cc(-c2cc(Cl)c3n[nH]c(C(=O)NC4CCN(CC(C)(C)C)CC4)c3c2)cn1.Cn1cc(-c2ccc3[nH]nc(C(=O)NC4CCN(CC(C)(C)C)CC4)c3c2)cn1. The molecule has 4 aromatic carbocycles. The lowest BCUT2D eigenvalue weighted by Crippen LogP contribution is -2.46. The standard InChI is InChI=1S/C23H32N6O.C22H29ClN6O.C22H30N6O.C21H28N6O/c1-5-29-14-17(13-24-29)16-6-7-20-19(12-16)21(27-26-20)22(30)25-18-8-10-28(11-9-18)15-23(2,3)4;1-22(2,3)13-29-7-5-16(6-8-29)25-21(30)20-17-9-14(15-11-24-28(4)12-15)10-18(23)19(17)26-27-20;1-22(2,3)14-28-9-7-17(8-10-28)24-21(29)20-18-11-15(5-6-19(18)25-26-20)16-12-23-27(4)13-16;1-21(2,3)13-27-8-6-16(7-9-27)24-20(28)19-17-10-14(15-11-22-23-12-15)4-5-18(17)25-26-19/h6-7,12-14,18H,5,8-11,15H2,1-4H3,(H,25,30)(H,26,27);9-12,16H,5-8,13H2,1-4H3,(H,25,30)(H,26,27);5-6,11-13,17H,7-10,14H2,1-4H3,(H,24,29)(H,25,26);4-5,10-12,16H,6-9,13H2,1-3H3,(H,22,23)(H,24,28)(H,25,26). The van der Waals surface area contributed by atoms with Crippen molar-refractivity contribution in [2.75, 3.05) is 78.5 Å². The summed E-state index contributed by atoms with van der Waals surface area (Å²) in [6, 6.07) is 22.5. The molecule has 0 bridgehead atoms. The van der Waals surface area contributed by atoms with Crippen molar-refractivity contribution in [1.82, 2.24) is 121 Å². The number of fused-ring (bicyclic) bond motifs is 4. The molecule has 4 amide bonds. The third kappa shape index (κ3) is 22.5. The Morgan fingerprint density at radius 2 is 0.744 bits per heavy atom. The molecule has 28 nitrogen and oxygen atoms in total. The summed E-state index contributed by atoms with van der Waals surface area (Å²) in [6.45, 7) is 42.6. The first-order chi connectivity index (χ1) is 55.7. The van der Waals surface area contributed by atoms with Crippen LogP contribution in [0.2, 0.25) is 5.02 Å². The van der Waals surface area contributed by atoms with Crippen LogP contribution in [0.25, 0.3) is 88.1 Å². The van der Waals surface area contributed by atoms with Gasteiger partial charge in [0.1, 0.15) is 11.2 Å². The molecular formula is C88H119ClN24O4. The Bertz CT molecular complexity index is 5340. The van der Waals surface area contributed by atoms with Gasteiger partial charge in [-0.3, -0.25) is 58.7 Å². The van der Waals surface area contributed by atoms with Crippen LogP contribution in [0.3, 0.4) is 0 Å². The van der Waals surface area contributed by atoms with Crippen LogP contribution in [-0.2, 0) is 20.6 Å². The number of carbonyl (C=O) groups is 4. The van der Waals surface area contributed by atoms with E-state index >= 15 is 0 Å². The molecule has 117 heavy (non-hydrogen) atoms. The summed E-state index contributed by atoms with van der Waals surface area (Å²) < 4.78 is 5.41. The number of hydrogen-bond donors (Lipinski definition) is 9. The number of hydrogen-bond acceptors (Lipinski definition) is 16. The molecule has 8 aromatic heterocycles. The number of piperidine rings is 4. The molecule has 0 saturated carbocycles. The number of aromatic nitrogens is 16. The van der Waals surface area contributed by atoms with E-state index in [1.54, 1.807) is 21.8 Å². The molecule has 0 atom stereocenters. The van der Waals surface area contributed by atoms with E-state index < -0.39 is 0 Å². The zero-order chi connectivity index (χ0) is 83.1. The fraction of sp³-hybridized carbons (Fsp3) is 0.500. The minimum Gasteiger partial charge on any atom is -0.348 e. The zero-order valence-corrected chi connectivity index (χ0v) is 71.6. The number of nitrogens with one attached hydrogen (secondary N) is 9. The number of carbonyl (C=O) groups excluding carboxylic acids is 4. The van der Waals surface area contributed by atoms with Crippen molar-refractivity contribution < 1.29 is 19.2 Å². The predicted molar refractivity (Wildman–Crippen MR) is 464 cm³/mol. The fourth-order valence-electron chi connectivity index (χ4n) is 16.4. The van der Waals surface area contributed by atoms with E-state index in [2.05, 4.69) is 197 Å². The number of likely N-dealkylation sites (tertiary alicyclic amines) is 4. The molecule has 0 unspecified atom stereocenters. The maximum Gasteiger partial charge on any atom is 0.272 e. The number of nitrogens with zero attached hydrogens (tertiary/aromatic N) is 15. The number of amides is 4. The minimum absolute atomic E-state index is 0.100. The maximum atomic E-state index is 13.0. The van der Waals surface area contributed by atoms with E-state index in [1.165, 1.54) is 0 Å². The van der Waals surface area contributed by atoms with Gasteiger partial charge in [0.2, 0.25) is 0 Å². The average Bonchev–Trinajstić information content (AvgIpc) is 1.66. The minimum atomic E-state index is -0.133. The fourth-order valence-corrected chi connectivity index (χ4v) is 16.7. The van der Waals surface area contributed by atoms with Crippen molar-refractivity contribution in [1.29, 1.82) is 0 Å². The molecule has 12 aromatic rings. The second-order valence-corrected chi connectivity index (χ2v) is 37.6. The van der Waals surface area contributed by atoms with Gasteiger partial charge in [-0.1, -0.05) is 113 Å². The highest BCUT2D eigenvalue weighted by atomic mass is 35.5. The average molecular weight is 1610 g/mol. The van der Waals surface area contributed by atoms with Crippen molar-refractivity contribution in [3.05, 3.63) is 144 Å². The second-order valence-electron chi connectivity index (χ2n) is 37.2. The van der Waals surface area contributed by atoms with Gasteiger partial charge in [0, 0.05) is 192 Å². The molecule has 16 rings (SSSR count). The monoisotopic (exact) mass is 1610 g/mol. The Hall–Kier alpha value is -10.4. The second kappa shape index (κ2) is 36.2. The lowest BCUT2D eigenvalue weighted by molar-refractivity contribution is 0.0885. The number of rotatable bonds is 17. The third-order valence-electron chi connectivity index (χ3n) is 21.9. The zero-order valence-electron chi connectivity index (χ0n) is 70.8. The van der Waals surface area contributed by atoms with Crippen LogP contribution in [0.4, 0.5) is 0 Å². The van der Waals surface area contributed by atoms with Gasteiger partial charge in [-0.05, 0) is 151 Å². The summed E-state index contributed by atoms with van der Waals surface area (Å²) in [5, 5.41) is 65.2. The third-order valence-corrected chi connectivity index (χ3v) is 22.1. The van der Waals surface area contributed by atoms with Gasteiger partial charge >= 0.3 is 0 Å². The Balaban J connectivity index is 0.000000136. The van der Waals surface area contributed by atoms with Crippen LogP contribution in [-0.4, -0.2) is 226 Å². The number of benzene rings is 4. The number of aromatic amines is 5. The van der Waals surface area contributed by atoms with Crippen molar-refractivity contribution >= 4 is 78.8 Å². The first kappa shape index (κ1) is 84.5. The molecule has 4 fully saturated rings. The highest BCUT2D eigenvalue weighted by Crippen LogP contribution is 2.34. The molecule has 9 N–H and O–H groups in total. The smallest absolute Gasteiger partial charge is 0.272 e. The van der Waals surface area contributed by atoms with Crippen LogP contribution >= 0.6 is 11.6 Å². The Labute approximate surface area is 690 Å². The molecule has 4 aliphatic heterocycles. The van der Waals surface area contributed by atoms with E-state index in [0.29, 0.717) is 49.6 Å². The van der Waals surface area contributed by atoms with E-state index in [1.807, 2.05) is 123 Å². The van der Waals surface area contributed by atoms with Crippen LogP contribution in [0.5, 0.6) is 0 Å². The summed E-state index contributed by atoms with van der Waals surface area (Å²) >= 11 is 6.45. The summed E-state index contributed by atoms with van der Waals surface area (Å²) in [4.78, 5) is 61.7. The molecule has 0 spiro atoms. The van der Waals surface area contributed by atoms with Gasteiger partial charge in [0.25, 0.3) is 23.6 Å². The van der Waals surface area contributed by atoms with Crippen molar-refractivity contribution in [2.24, 2.45) is 35.8 Å². The summed E-state index contributed by atoms with van der Waals surface area (Å²) in [6.07, 6.45) is 22.7. The summed E-state index contributed by atoms with van der Waals surface area (Å²) in [7, 11) is 3.76. The molecular weight excluding hydrogens is 1490 g/mol. The van der Waals surface area contributed by atoms with Crippen LogP contribution in [0.15, 0.2) is 116 Å². The van der Waals surface area contributed by atoms with Crippen LogP contribution < -0.4 is 21.3 Å². The molecule has 0 radical (unpaired) electrons. The van der Waals surface area contributed by atoms with Gasteiger partial charge in [0.15, 0.2) is 17.1 Å². The molecule has 29 heteroatoms. The first-order valence-corrected chi connectivity index (χ1v) is 41.8. The van der Waals surface area contributed by atoms with Crippen molar-refractivity contribution in [2.45, 2.75) is 172 Å². The normalized spacial score (nSPS) is 16.4. The Morgan fingerprint density at radius 3 is 1.08 bits per heavy atom. The highest BCUT2D eigenvalue weighted by Gasteiger charge is 2.32. The van der Waals surface area contributed by atoms with Gasteiger partial charge in [0.05, 0.1) is 46.4 Å². The van der Waals surface area contributed by atoms with E-state index in [-0.39, 0.29) is 53.2 Å². The van der Waals surface area contributed by atoms with Gasteiger partial charge in [-0.25, -0.2) is 0 Å². The lowest BCUT2D eigenvalue weighted by atomic mass is 9.94. The first-order valence-electron chi connectivity index (χ1n) is 41.4. The molecule has 12 heterocycles. The quantitative estimate of drug-likeness (QED) is 0.0409.